The minimum Gasteiger partial charge on any atom is -0.386 e. The van der Waals surface area contributed by atoms with Gasteiger partial charge in [-0.25, -0.2) is 9.97 Å². The fraction of sp³-hybridized carbons (Fsp3) is 0.190. The van der Waals surface area contributed by atoms with E-state index in [2.05, 4.69) is 15.3 Å². The molecule has 0 aliphatic rings. The Labute approximate surface area is 152 Å². The smallest absolute Gasteiger partial charge is 0.255 e. The van der Waals surface area contributed by atoms with Crippen LogP contribution in [-0.2, 0) is 6.42 Å². The number of carbonyl (C=O) groups is 1. The van der Waals surface area contributed by atoms with E-state index >= 15 is 0 Å². The van der Waals surface area contributed by atoms with Gasteiger partial charge in [0.15, 0.2) is 0 Å². The molecule has 0 aliphatic heterocycles. The van der Waals surface area contributed by atoms with Crippen LogP contribution in [0.4, 0.5) is 0 Å². The lowest BCUT2D eigenvalue weighted by atomic mass is 9.95. The van der Waals surface area contributed by atoms with E-state index in [0.29, 0.717) is 17.8 Å². The molecule has 3 rings (SSSR count). The second kappa shape index (κ2) is 8.36. The maximum atomic E-state index is 12.7. The number of hydrogen-bond donors (Lipinski definition) is 2. The zero-order valence-electron chi connectivity index (χ0n) is 14.5. The molecule has 0 aliphatic carbocycles. The normalized spacial score (nSPS) is 13.0. The highest BCUT2D eigenvalue weighted by atomic mass is 16.3. The standard InChI is InChI=1S/C21H21N3O2/c1-2-18-22-13-17(14-23-18)21(26)24-19(15-9-5-3-6-10-15)20(25)16-11-7-4-8-12-16/h3-14,19-20,25H,2H2,1H3,(H,24,26)/t19-,20+/m0/s1. The number of aliphatic hydroxyl groups excluding tert-OH is 1. The predicted octanol–water partition coefficient (Wildman–Crippen LogP) is 3.24. The molecule has 1 amide bonds. The SMILES string of the molecule is CCc1ncc(C(=O)N[C@@H](c2ccccc2)[C@H](O)c2ccccc2)cn1. The van der Waals surface area contributed by atoms with Crippen LogP contribution in [0.5, 0.6) is 0 Å². The number of amides is 1. The predicted molar refractivity (Wildman–Crippen MR) is 99.5 cm³/mol. The summed E-state index contributed by atoms with van der Waals surface area (Å²) in [7, 11) is 0. The minimum atomic E-state index is -0.876. The monoisotopic (exact) mass is 347 g/mol. The molecule has 2 atom stereocenters. The lowest BCUT2D eigenvalue weighted by Crippen LogP contribution is -2.33. The van der Waals surface area contributed by atoms with Crippen molar-refractivity contribution in [1.82, 2.24) is 15.3 Å². The third kappa shape index (κ3) is 4.13. The Morgan fingerprint density at radius 3 is 2.04 bits per heavy atom. The second-order valence-electron chi connectivity index (χ2n) is 5.96. The van der Waals surface area contributed by atoms with E-state index in [1.807, 2.05) is 67.6 Å². The fourth-order valence-corrected chi connectivity index (χ4v) is 2.73. The molecule has 1 heterocycles. The summed E-state index contributed by atoms with van der Waals surface area (Å²) in [6, 6.07) is 18.1. The number of hydrogen-bond acceptors (Lipinski definition) is 4. The van der Waals surface area contributed by atoms with Crippen molar-refractivity contribution in [2.45, 2.75) is 25.5 Å². The zero-order chi connectivity index (χ0) is 18.4. The van der Waals surface area contributed by atoms with Crippen molar-refractivity contribution >= 4 is 5.91 Å². The average Bonchev–Trinajstić information content (AvgIpc) is 2.72. The summed E-state index contributed by atoms with van der Waals surface area (Å²) >= 11 is 0. The summed E-state index contributed by atoms with van der Waals surface area (Å²) in [5.41, 5.74) is 1.92. The first kappa shape index (κ1) is 17.8. The Morgan fingerprint density at radius 1 is 0.962 bits per heavy atom. The van der Waals surface area contributed by atoms with Crippen molar-refractivity contribution in [1.29, 1.82) is 0 Å². The van der Waals surface area contributed by atoms with E-state index in [-0.39, 0.29) is 5.91 Å². The summed E-state index contributed by atoms with van der Waals surface area (Å²) in [6.45, 7) is 1.96. The summed E-state index contributed by atoms with van der Waals surface area (Å²) in [5.74, 6) is 0.363. The number of rotatable bonds is 6. The molecule has 0 radical (unpaired) electrons. The van der Waals surface area contributed by atoms with Crippen molar-refractivity contribution < 1.29 is 9.90 Å². The third-order valence-corrected chi connectivity index (χ3v) is 4.19. The van der Waals surface area contributed by atoms with Crippen LogP contribution < -0.4 is 5.32 Å². The van der Waals surface area contributed by atoms with Crippen molar-refractivity contribution in [3.63, 3.8) is 0 Å². The van der Waals surface area contributed by atoms with Crippen LogP contribution in [0.3, 0.4) is 0 Å². The molecular formula is C21H21N3O2. The molecule has 132 valence electrons. The Morgan fingerprint density at radius 2 is 1.50 bits per heavy atom. The van der Waals surface area contributed by atoms with Crippen molar-refractivity contribution in [3.05, 3.63) is 95.6 Å². The minimum absolute atomic E-state index is 0.323. The maximum absolute atomic E-state index is 12.7. The van der Waals surface area contributed by atoms with Gasteiger partial charge in [0.2, 0.25) is 0 Å². The average molecular weight is 347 g/mol. The molecule has 1 aromatic heterocycles. The van der Waals surface area contributed by atoms with Gasteiger partial charge >= 0.3 is 0 Å². The van der Waals surface area contributed by atoms with Crippen molar-refractivity contribution in [2.24, 2.45) is 0 Å². The summed E-state index contributed by atoms with van der Waals surface area (Å²) in [5, 5.41) is 13.8. The Balaban J connectivity index is 1.87. The van der Waals surface area contributed by atoms with Gasteiger partial charge in [0.1, 0.15) is 11.9 Å². The molecule has 3 aromatic rings. The number of benzene rings is 2. The molecule has 2 N–H and O–H groups in total. The van der Waals surface area contributed by atoms with Crippen LogP contribution in [0.15, 0.2) is 73.1 Å². The lowest BCUT2D eigenvalue weighted by Gasteiger charge is -2.25. The van der Waals surface area contributed by atoms with E-state index in [4.69, 9.17) is 0 Å². The number of carbonyl (C=O) groups excluding carboxylic acids is 1. The molecule has 2 aromatic carbocycles. The van der Waals surface area contributed by atoms with Crippen LogP contribution in [-0.4, -0.2) is 21.0 Å². The van der Waals surface area contributed by atoms with Gasteiger partial charge in [-0.15, -0.1) is 0 Å². The maximum Gasteiger partial charge on any atom is 0.255 e. The highest BCUT2D eigenvalue weighted by Crippen LogP contribution is 2.28. The van der Waals surface area contributed by atoms with Gasteiger partial charge in [0, 0.05) is 18.8 Å². The number of nitrogens with zero attached hydrogens (tertiary/aromatic N) is 2. The summed E-state index contributed by atoms with van der Waals surface area (Å²) in [6.07, 6.45) is 2.86. The van der Waals surface area contributed by atoms with Crippen molar-refractivity contribution in [3.8, 4) is 0 Å². The number of aromatic nitrogens is 2. The second-order valence-corrected chi connectivity index (χ2v) is 5.96. The molecule has 0 unspecified atom stereocenters. The van der Waals surface area contributed by atoms with Crippen LogP contribution in [0.1, 0.15) is 46.4 Å². The van der Waals surface area contributed by atoms with E-state index in [0.717, 1.165) is 11.1 Å². The Hall–Kier alpha value is -3.05. The van der Waals surface area contributed by atoms with E-state index in [1.165, 1.54) is 12.4 Å². The first-order chi connectivity index (χ1) is 12.7. The van der Waals surface area contributed by atoms with E-state index in [9.17, 15) is 9.90 Å². The molecule has 0 fully saturated rings. The van der Waals surface area contributed by atoms with Crippen LogP contribution in [0, 0.1) is 0 Å². The molecule has 0 spiro atoms. The van der Waals surface area contributed by atoms with Gasteiger partial charge in [0.05, 0.1) is 11.6 Å². The van der Waals surface area contributed by atoms with Gasteiger partial charge < -0.3 is 10.4 Å². The third-order valence-electron chi connectivity index (χ3n) is 4.19. The van der Waals surface area contributed by atoms with Crippen molar-refractivity contribution in [2.75, 3.05) is 0 Å². The van der Waals surface area contributed by atoms with Crippen LogP contribution >= 0.6 is 0 Å². The van der Waals surface area contributed by atoms with E-state index in [1.54, 1.807) is 0 Å². The lowest BCUT2D eigenvalue weighted by molar-refractivity contribution is 0.0830. The molecule has 26 heavy (non-hydrogen) atoms. The molecule has 0 bridgehead atoms. The van der Waals surface area contributed by atoms with Gasteiger partial charge in [-0.05, 0) is 11.1 Å². The molecule has 5 heteroatoms. The number of nitrogens with one attached hydrogen (secondary N) is 1. The largest absolute Gasteiger partial charge is 0.386 e. The van der Waals surface area contributed by atoms with Crippen LogP contribution in [0.2, 0.25) is 0 Å². The quantitative estimate of drug-likeness (QED) is 0.718. The highest BCUT2D eigenvalue weighted by Gasteiger charge is 2.25. The molecule has 0 saturated carbocycles. The van der Waals surface area contributed by atoms with Gasteiger partial charge in [-0.1, -0.05) is 67.6 Å². The number of aryl methyl sites for hydroxylation is 1. The Bertz CT molecular complexity index is 836. The molecule has 0 saturated heterocycles. The van der Waals surface area contributed by atoms with E-state index < -0.39 is 12.1 Å². The highest BCUT2D eigenvalue weighted by molar-refractivity contribution is 5.93. The summed E-state index contributed by atoms with van der Waals surface area (Å²) in [4.78, 5) is 21.0. The summed E-state index contributed by atoms with van der Waals surface area (Å²) < 4.78 is 0. The topological polar surface area (TPSA) is 75.1 Å². The molecule has 5 nitrogen and oxygen atoms in total. The first-order valence-electron chi connectivity index (χ1n) is 8.58. The molecular weight excluding hydrogens is 326 g/mol. The first-order valence-corrected chi connectivity index (χ1v) is 8.58. The Kier molecular flexibility index (Phi) is 5.71. The van der Waals surface area contributed by atoms with Gasteiger partial charge in [-0.2, -0.15) is 0 Å². The van der Waals surface area contributed by atoms with Crippen LogP contribution in [0.25, 0.3) is 0 Å². The van der Waals surface area contributed by atoms with Gasteiger partial charge in [-0.3, -0.25) is 4.79 Å². The van der Waals surface area contributed by atoms with Gasteiger partial charge in [0.25, 0.3) is 5.91 Å². The fourth-order valence-electron chi connectivity index (χ4n) is 2.73. The zero-order valence-corrected chi connectivity index (χ0v) is 14.5. The number of aliphatic hydroxyl groups is 1.